The van der Waals surface area contributed by atoms with Crippen LogP contribution in [0.15, 0.2) is 0 Å². The Bertz CT molecular complexity index is 221. The lowest BCUT2D eigenvalue weighted by Crippen LogP contribution is -2.37. The van der Waals surface area contributed by atoms with Crippen molar-refractivity contribution in [2.75, 3.05) is 19.8 Å². The molecule has 0 spiro atoms. The van der Waals surface area contributed by atoms with Crippen LogP contribution < -0.4 is 0 Å². The second kappa shape index (κ2) is 4.73. The van der Waals surface area contributed by atoms with Crippen LogP contribution in [0.4, 0.5) is 4.79 Å². The minimum Gasteiger partial charge on any atom is -0.465 e. The molecule has 1 atom stereocenters. The number of hydrogen-bond donors (Lipinski definition) is 1. The van der Waals surface area contributed by atoms with Crippen molar-refractivity contribution in [1.29, 1.82) is 0 Å². The van der Waals surface area contributed by atoms with Crippen LogP contribution in [0, 0.1) is 12.3 Å². The van der Waals surface area contributed by atoms with E-state index in [2.05, 4.69) is 5.92 Å². The molecule has 1 saturated heterocycles. The molecule has 1 aliphatic rings. The quantitative estimate of drug-likeness (QED) is 0.519. The lowest BCUT2D eigenvalue weighted by atomic mass is 10.2. The zero-order valence-electron chi connectivity index (χ0n) is 7.40. The van der Waals surface area contributed by atoms with E-state index in [0.29, 0.717) is 13.2 Å². The summed E-state index contributed by atoms with van der Waals surface area (Å²) in [7, 11) is 0. The Balaban J connectivity index is 2.32. The maximum atomic E-state index is 10.7. The third-order valence-electron chi connectivity index (χ3n) is 2.12. The highest BCUT2D eigenvalue weighted by Gasteiger charge is 2.28. The topological polar surface area (TPSA) is 49.8 Å². The SMILES string of the molecule is C#CCOC[C@@H]1CCCN1C(=O)O. The van der Waals surface area contributed by atoms with Gasteiger partial charge in [0.2, 0.25) is 0 Å². The number of likely N-dealkylation sites (tertiary alicyclic amines) is 1. The zero-order valence-corrected chi connectivity index (χ0v) is 7.40. The van der Waals surface area contributed by atoms with Gasteiger partial charge >= 0.3 is 6.09 Å². The van der Waals surface area contributed by atoms with Gasteiger partial charge in [0.15, 0.2) is 0 Å². The van der Waals surface area contributed by atoms with Crippen LogP contribution in [0.3, 0.4) is 0 Å². The van der Waals surface area contributed by atoms with Gasteiger partial charge in [0.25, 0.3) is 0 Å². The Morgan fingerprint density at radius 2 is 2.54 bits per heavy atom. The molecule has 1 rings (SSSR count). The maximum Gasteiger partial charge on any atom is 0.407 e. The Kier molecular flexibility index (Phi) is 3.59. The predicted molar refractivity (Wildman–Crippen MR) is 47.4 cm³/mol. The molecular formula is C9H13NO3. The molecule has 1 amide bonds. The minimum absolute atomic E-state index is 0.00847. The van der Waals surface area contributed by atoms with Crippen molar-refractivity contribution >= 4 is 6.09 Å². The predicted octanol–water partition coefficient (Wildman–Crippen LogP) is 0.779. The van der Waals surface area contributed by atoms with Gasteiger partial charge in [0.1, 0.15) is 6.61 Å². The van der Waals surface area contributed by atoms with Crippen molar-refractivity contribution in [3.05, 3.63) is 0 Å². The fourth-order valence-corrected chi connectivity index (χ4v) is 1.51. The van der Waals surface area contributed by atoms with Crippen LogP contribution in [0.25, 0.3) is 0 Å². The number of rotatable bonds is 3. The number of nitrogens with zero attached hydrogens (tertiary/aromatic N) is 1. The van der Waals surface area contributed by atoms with Gasteiger partial charge in [-0.2, -0.15) is 0 Å². The highest BCUT2D eigenvalue weighted by atomic mass is 16.5. The van der Waals surface area contributed by atoms with Crippen molar-refractivity contribution in [3.8, 4) is 12.3 Å². The van der Waals surface area contributed by atoms with Crippen molar-refractivity contribution < 1.29 is 14.6 Å². The van der Waals surface area contributed by atoms with E-state index in [1.54, 1.807) is 0 Å². The first-order valence-corrected chi connectivity index (χ1v) is 4.26. The first-order chi connectivity index (χ1) is 6.25. The van der Waals surface area contributed by atoms with Gasteiger partial charge in [-0.3, -0.25) is 0 Å². The van der Waals surface area contributed by atoms with Crippen LogP contribution in [0.5, 0.6) is 0 Å². The third kappa shape index (κ3) is 2.63. The molecule has 13 heavy (non-hydrogen) atoms. The van der Waals surface area contributed by atoms with E-state index in [4.69, 9.17) is 16.3 Å². The van der Waals surface area contributed by atoms with E-state index < -0.39 is 6.09 Å². The third-order valence-corrected chi connectivity index (χ3v) is 2.12. The summed E-state index contributed by atoms with van der Waals surface area (Å²) in [5.74, 6) is 2.35. The molecule has 1 aliphatic heterocycles. The van der Waals surface area contributed by atoms with E-state index in [1.807, 2.05) is 0 Å². The molecule has 0 saturated carbocycles. The van der Waals surface area contributed by atoms with Crippen LogP contribution in [0.1, 0.15) is 12.8 Å². The summed E-state index contributed by atoms with van der Waals surface area (Å²) < 4.78 is 5.11. The van der Waals surface area contributed by atoms with Crippen molar-refractivity contribution in [2.45, 2.75) is 18.9 Å². The Hall–Kier alpha value is -1.21. The number of carbonyl (C=O) groups is 1. The van der Waals surface area contributed by atoms with Crippen LogP contribution >= 0.6 is 0 Å². The van der Waals surface area contributed by atoms with Gasteiger partial charge in [-0.15, -0.1) is 6.42 Å². The summed E-state index contributed by atoms with van der Waals surface area (Å²) in [6.07, 6.45) is 5.92. The fraction of sp³-hybridized carbons (Fsp3) is 0.667. The molecule has 0 radical (unpaired) electrons. The van der Waals surface area contributed by atoms with Gasteiger partial charge in [-0.1, -0.05) is 5.92 Å². The molecule has 0 aliphatic carbocycles. The Morgan fingerprint density at radius 1 is 1.77 bits per heavy atom. The standard InChI is InChI=1S/C9H13NO3/c1-2-6-13-7-8-4-3-5-10(8)9(11)12/h1,8H,3-7H2,(H,11,12)/t8-/m0/s1. The van der Waals surface area contributed by atoms with E-state index in [-0.39, 0.29) is 12.6 Å². The molecule has 4 nitrogen and oxygen atoms in total. The maximum absolute atomic E-state index is 10.7. The number of amides is 1. The summed E-state index contributed by atoms with van der Waals surface area (Å²) in [4.78, 5) is 12.1. The smallest absolute Gasteiger partial charge is 0.407 e. The van der Waals surface area contributed by atoms with E-state index >= 15 is 0 Å². The Morgan fingerprint density at radius 3 is 3.15 bits per heavy atom. The molecule has 0 aromatic rings. The number of carboxylic acid groups (broad SMARTS) is 1. The molecule has 0 unspecified atom stereocenters. The van der Waals surface area contributed by atoms with Gasteiger partial charge in [0, 0.05) is 6.54 Å². The van der Waals surface area contributed by atoms with Gasteiger partial charge in [0.05, 0.1) is 12.6 Å². The number of ether oxygens (including phenoxy) is 1. The highest BCUT2D eigenvalue weighted by molar-refractivity contribution is 5.65. The zero-order chi connectivity index (χ0) is 9.68. The summed E-state index contributed by atoms with van der Waals surface area (Å²) >= 11 is 0. The van der Waals surface area contributed by atoms with Crippen LogP contribution in [-0.2, 0) is 4.74 Å². The monoisotopic (exact) mass is 183 g/mol. The minimum atomic E-state index is -0.869. The van der Waals surface area contributed by atoms with Gasteiger partial charge < -0.3 is 14.7 Å². The molecule has 72 valence electrons. The van der Waals surface area contributed by atoms with Crippen LogP contribution in [0.2, 0.25) is 0 Å². The second-order valence-electron chi connectivity index (χ2n) is 2.99. The molecule has 1 N–H and O–H groups in total. The molecule has 1 heterocycles. The summed E-state index contributed by atoms with van der Waals surface area (Å²) in [5, 5.41) is 8.77. The lowest BCUT2D eigenvalue weighted by molar-refractivity contribution is 0.0876. The lowest BCUT2D eigenvalue weighted by Gasteiger charge is -2.20. The summed E-state index contributed by atoms with van der Waals surface area (Å²) in [6.45, 7) is 1.28. The summed E-state index contributed by atoms with van der Waals surface area (Å²) in [5.41, 5.74) is 0. The molecular weight excluding hydrogens is 170 g/mol. The molecule has 4 heteroatoms. The number of hydrogen-bond acceptors (Lipinski definition) is 2. The first-order valence-electron chi connectivity index (χ1n) is 4.26. The summed E-state index contributed by atoms with van der Waals surface area (Å²) in [6, 6.07) is -0.00847. The second-order valence-corrected chi connectivity index (χ2v) is 2.99. The number of terminal acetylenes is 1. The largest absolute Gasteiger partial charge is 0.465 e. The Labute approximate surface area is 77.5 Å². The van der Waals surface area contributed by atoms with Gasteiger partial charge in [-0.05, 0) is 12.8 Å². The average Bonchev–Trinajstić information content (AvgIpc) is 2.53. The van der Waals surface area contributed by atoms with E-state index in [0.717, 1.165) is 12.8 Å². The van der Waals surface area contributed by atoms with E-state index in [9.17, 15) is 4.79 Å². The molecule has 0 aromatic carbocycles. The highest BCUT2D eigenvalue weighted by Crippen LogP contribution is 2.17. The molecule has 0 bridgehead atoms. The van der Waals surface area contributed by atoms with Crippen molar-refractivity contribution in [3.63, 3.8) is 0 Å². The average molecular weight is 183 g/mol. The van der Waals surface area contributed by atoms with Crippen molar-refractivity contribution in [2.24, 2.45) is 0 Å². The van der Waals surface area contributed by atoms with Crippen LogP contribution in [-0.4, -0.2) is 41.9 Å². The fourth-order valence-electron chi connectivity index (χ4n) is 1.51. The van der Waals surface area contributed by atoms with Crippen molar-refractivity contribution in [1.82, 2.24) is 4.90 Å². The normalized spacial score (nSPS) is 21.5. The first kappa shape index (κ1) is 9.87. The molecule has 1 fully saturated rings. The van der Waals surface area contributed by atoms with E-state index in [1.165, 1.54) is 4.90 Å². The van der Waals surface area contributed by atoms with Gasteiger partial charge in [-0.25, -0.2) is 4.79 Å². The molecule has 0 aromatic heterocycles.